The average Bonchev–Trinajstić information content (AvgIpc) is 2.77. The Morgan fingerprint density at radius 2 is 1.96 bits per heavy atom. The SMILES string of the molecule is Cc1noc(C)c1CN(C)C(=O)c1ccc(F)c(C(F)(F)F)c1. The van der Waals surface area contributed by atoms with Crippen LogP contribution in [0.15, 0.2) is 22.7 Å². The van der Waals surface area contributed by atoms with Gasteiger partial charge in [0.1, 0.15) is 11.6 Å². The van der Waals surface area contributed by atoms with Crippen LogP contribution in [-0.4, -0.2) is 23.0 Å². The van der Waals surface area contributed by atoms with E-state index in [0.717, 1.165) is 6.07 Å². The largest absolute Gasteiger partial charge is 0.419 e. The number of amides is 1. The van der Waals surface area contributed by atoms with Crippen molar-refractivity contribution in [2.45, 2.75) is 26.6 Å². The van der Waals surface area contributed by atoms with Gasteiger partial charge in [0.15, 0.2) is 0 Å². The topological polar surface area (TPSA) is 46.3 Å². The van der Waals surface area contributed by atoms with Crippen LogP contribution < -0.4 is 0 Å². The molecule has 4 nitrogen and oxygen atoms in total. The van der Waals surface area contributed by atoms with E-state index in [4.69, 9.17) is 4.52 Å². The van der Waals surface area contributed by atoms with Crippen molar-refractivity contribution in [1.29, 1.82) is 0 Å². The summed E-state index contributed by atoms with van der Waals surface area (Å²) in [4.78, 5) is 13.5. The number of nitrogens with zero attached hydrogens (tertiary/aromatic N) is 2. The van der Waals surface area contributed by atoms with Gasteiger partial charge in [0.25, 0.3) is 5.91 Å². The molecule has 0 saturated heterocycles. The van der Waals surface area contributed by atoms with Crippen LogP contribution in [0.2, 0.25) is 0 Å². The lowest BCUT2D eigenvalue weighted by molar-refractivity contribution is -0.140. The summed E-state index contributed by atoms with van der Waals surface area (Å²) < 4.78 is 56.4. The van der Waals surface area contributed by atoms with Crippen molar-refractivity contribution < 1.29 is 26.9 Å². The molecule has 0 atom stereocenters. The lowest BCUT2D eigenvalue weighted by Crippen LogP contribution is -2.27. The Bertz CT molecular complexity index is 718. The van der Waals surface area contributed by atoms with Crippen LogP contribution in [0, 0.1) is 19.7 Å². The predicted molar refractivity (Wildman–Crippen MR) is 73.2 cm³/mol. The van der Waals surface area contributed by atoms with Crippen molar-refractivity contribution in [3.05, 3.63) is 52.2 Å². The van der Waals surface area contributed by atoms with Gasteiger partial charge in [-0.15, -0.1) is 0 Å². The fraction of sp³-hybridized carbons (Fsp3) is 0.333. The van der Waals surface area contributed by atoms with Crippen LogP contribution in [0.5, 0.6) is 0 Å². The Labute approximate surface area is 129 Å². The molecule has 1 amide bonds. The molecular formula is C15H14F4N2O2. The van der Waals surface area contributed by atoms with Gasteiger partial charge in [0.2, 0.25) is 0 Å². The average molecular weight is 330 g/mol. The van der Waals surface area contributed by atoms with Crippen LogP contribution in [0.3, 0.4) is 0 Å². The highest BCUT2D eigenvalue weighted by Crippen LogP contribution is 2.32. The van der Waals surface area contributed by atoms with E-state index in [-0.39, 0.29) is 12.1 Å². The Hall–Kier alpha value is -2.38. The summed E-state index contributed by atoms with van der Waals surface area (Å²) in [7, 11) is 1.44. The zero-order valence-corrected chi connectivity index (χ0v) is 12.7. The number of benzene rings is 1. The summed E-state index contributed by atoms with van der Waals surface area (Å²) in [6.45, 7) is 3.50. The van der Waals surface area contributed by atoms with Crippen LogP contribution >= 0.6 is 0 Å². The van der Waals surface area contributed by atoms with Gasteiger partial charge in [-0.2, -0.15) is 13.2 Å². The van der Waals surface area contributed by atoms with Gasteiger partial charge in [0, 0.05) is 18.2 Å². The van der Waals surface area contributed by atoms with Crippen LogP contribution in [0.4, 0.5) is 17.6 Å². The fourth-order valence-corrected chi connectivity index (χ4v) is 2.13. The molecule has 0 saturated carbocycles. The molecule has 0 N–H and O–H groups in total. The smallest absolute Gasteiger partial charge is 0.361 e. The minimum absolute atomic E-state index is 0.124. The van der Waals surface area contributed by atoms with Crippen LogP contribution in [-0.2, 0) is 12.7 Å². The number of carbonyl (C=O) groups is 1. The van der Waals surface area contributed by atoms with E-state index < -0.39 is 23.5 Å². The van der Waals surface area contributed by atoms with Gasteiger partial charge in [-0.1, -0.05) is 5.16 Å². The number of halogens is 4. The molecule has 2 aromatic rings. The van der Waals surface area contributed by atoms with Gasteiger partial charge < -0.3 is 9.42 Å². The lowest BCUT2D eigenvalue weighted by Gasteiger charge is -2.18. The second kappa shape index (κ2) is 6.02. The van der Waals surface area contributed by atoms with Gasteiger partial charge in [-0.25, -0.2) is 4.39 Å². The first-order valence-corrected chi connectivity index (χ1v) is 6.65. The summed E-state index contributed by atoms with van der Waals surface area (Å²) in [6.07, 6.45) is -4.86. The van der Waals surface area contributed by atoms with Crippen molar-refractivity contribution in [2.24, 2.45) is 0 Å². The first kappa shape index (κ1) is 17.0. The van der Waals surface area contributed by atoms with Gasteiger partial charge in [0.05, 0.1) is 17.8 Å². The van der Waals surface area contributed by atoms with E-state index in [9.17, 15) is 22.4 Å². The number of aromatic nitrogens is 1. The number of hydrogen-bond donors (Lipinski definition) is 0. The molecule has 0 aliphatic carbocycles. The van der Waals surface area contributed by atoms with E-state index in [1.807, 2.05) is 0 Å². The maximum Gasteiger partial charge on any atom is 0.419 e. The third-order valence-electron chi connectivity index (χ3n) is 3.44. The standard InChI is InChI=1S/C15H14F4N2O2/c1-8-11(9(2)23-20-8)7-21(3)14(22)10-4-5-13(16)12(6-10)15(17,18)19/h4-6H,7H2,1-3H3. The first-order valence-electron chi connectivity index (χ1n) is 6.65. The molecule has 1 heterocycles. The third-order valence-corrected chi connectivity index (χ3v) is 3.44. The molecule has 0 spiro atoms. The number of alkyl halides is 3. The number of carbonyl (C=O) groups excluding carboxylic acids is 1. The van der Waals surface area contributed by atoms with E-state index in [0.29, 0.717) is 29.2 Å². The Morgan fingerprint density at radius 3 is 2.48 bits per heavy atom. The van der Waals surface area contributed by atoms with Crippen molar-refractivity contribution in [3.63, 3.8) is 0 Å². The monoisotopic (exact) mass is 330 g/mol. The van der Waals surface area contributed by atoms with Crippen LogP contribution in [0.1, 0.15) is 32.9 Å². The molecule has 124 valence electrons. The molecule has 2 rings (SSSR count). The van der Waals surface area contributed by atoms with Crippen molar-refractivity contribution in [2.75, 3.05) is 7.05 Å². The van der Waals surface area contributed by atoms with Crippen molar-refractivity contribution in [3.8, 4) is 0 Å². The second-order valence-corrected chi connectivity index (χ2v) is 5.16. The highest BCUT2D eigenvalue weighted by atomic mass is 19.4. The second-order valence-electron chi connectivity index (χ2n) is 5.16. The molecule has 0 aliphatic heterocycles. The van der Waals surface area contributed by atoms with Gasteiger partial charge in [-0.3, -0.25) is 4.79 Å². The fourth-order valence-electron chi connectivity index (χ4n) is 2.13. The first-order chi connectivity index (χ1) is 10.6. The Morgan fingerprint density at radius 1 is 1.30 bits per heavy atom. The van der Waals surface area contributed by atoms with E-state index >= 15 is 0 Å². The lowest BCUT2D eigenvalue weighted by atomic mass is 10.1. The summed E-state index contributed by atoms with van der Waals surface area (Å²) >= 11 is 0. The minimum Gasteiger partial charge on any atom is -0.361 e. The zero-order chi connectivity index (χ0) is 17.4. The predicted octanol–water partition coefficient (Wildman–Crippen LogP) is 3.72. The maximum atomic E-state index is 13.3. The molecule has 23 heavy (non-hydrogen) atoms. The van der Waals surface area contributed by atoms with Crippen LogP contribution in [0.25, 0.3) is 0 Å². The summed E-state index contributed by atoms with van der Waals surface area (Å²) in [5, 5.41) is 3.75. The van der Waals surface area contributed by atoms with Gasteiger partial charge >= 0.3 is 6.18 Å². The molecule has 0 aliphatic rings. The summed E-state index contributed by atoms with van der Waals surface area (Å²) in [6, 6.07) is 2.18. The maximum absolute atomic E-state index is 13.3. The van der Waals surface area contributed by atoms with Crippen molar-refractivity contribution in [1.82, 2.24) is 10.1 Å². The molecule has 8 heteroatoms. The Kier molecular flexibility index (Phi) is 4.44. The Balaban J connectivity index is 2.27. The highest BCUT2D eigenvalue weighted by Gasteiger charge is 2.35. The van der Waals surface area contributed by atoms with E-state index in [2.05, 4.69) is 5.16 Å². The number of rotatable bonds is 3. The van der Waals surface area contributed by atoms with Crippen molar-refractivity contribution >= 4 is 5.91 Å². The summed E-state index contributed by atoms with van der Waals surface area (Å²) in [5.74, 6) is -1.55. The summed E-state index contributed by atoms with van der Waals surface area (Å²) in [5.41, 5.74) is -0.432. The molecule has 0 bridgehead atoms. The molecule has 1 aromatic carbocycles. The van der Waals surface area contributed by atoms with Gasteiger partial charge in [-0.05, 0) is 32.0 Å². The molecule has 1 aromatic heterocycles. The molecule has 0 unspecified atom stereocenters. The third kappa shape index (κ3) is 3.52. The minimum atomic E-state index is -4.86. The normalized spacial score (nSPS) is 11.6. The molecular weight excluding hydrogens is 316 g/mol. The highest BCUT2D eigenvalue weighted by molar-refractivity contribution is 5.94. The number of hydrogen-bond acceptors (Lipinski definition) is 3. The quantitative estimate of drug-likeness (QED) is 0.806. The number of aryl methyl sites for hydroxylation is 2. The molecule has 0 fully saturated rings. The van der Waals surface area contributed by atoms with E-state index in [1.165, 1.54) is 11.9 Å². The molecule has 0 radical (unpaired) electrons. The van der Waals surface area contributed by atoms with E-state index in [1.54, 1.807) is 13.8 Å². The zero-order valence-electron chi connectivity index (χ0n) is 12.7.